The van der Waals surface area contributed by atoms with Crippen LogP contribution >= 0.6 is 12.2 Å². The Bertz CT molecular complexity index is 336. The molecule has 0 saturated carbocycles. The number of thiocarbonyl (C=S) groups is 1. The molecule has 0 heterocycles. The molecule has 1 aromatic carbocycles. The van der Waals surface area contributed by atoms with E-state index < -0.39 is 0 Å². The average Bonchev–Trinajstić information content (AvgIpc) is 2.27. The summed E-state index contributed by atoms with van der Waals surface area (Å²) in [5, 5.41) is 2.96. The van der Waals surface area contributed by atoms with Crippen molar-refractivity contribution in [2.45, 2.75) is 13.3 Å². The quantitative estimate of drug-likeness (QED) is 0.771. The maximum atomic E-state index is 5.24. The fourth-order valence-corrected chi connectivity index (χ4v) is 1.45. The van der Waals surface area contributed by atoms with Crippen LogP contribution in [0.4, 0.5) is 0 Å². The minimum atomic E-state index is 0.720. The van der Waals surface area contributed by atoms with Crippen molar-refractivity contribution in [3.8, 4) is 5.75 Å². The van der Waals surface area contributed by atoms with Crippen molar-refractivity contribution in [2.75, 3.05) is 14.2 Å². The van der Waals surface area contributed by atoms with E-state index in [1.54, 1.807) is 7.11 Å². The Kier molecular flexibility index (Phi) is 3.89. The maximum Gasteiger partial charge on any atom is 0.129 e. The van der Waals surface area contributed by atoms with Gasteiger partial charge in [-0.2, -0.15) is 0 Å². The molecule has 0 fully saturated rings. The van der Waals surface area contributed by atoms with E-state index in [2.05, 4.69) is 24.4 Å². The van der Waals surface area contributed by atoms with Crippen LogP contribution in [0.2, 0.25) is 0 Å². The second-order valence-corrected chi connectivity index (χ2v) is 3.38. The molecule has 1 aromatic rings. The van der Waals surface area contributed by atoms with Crippen LogP contribution in [-0.2, 0) is 6.42 Å². The van der Waals surface area contributed by atoms with Gasteiger partial charge in [0.2, 0.25) is 0 Å². The lowest BCUT2D eigenvalue weighted by molar-refractivity contribution is 0.413. The monoisotopic (exact) mass is 209 g/mol. The molecule has 3 heteroatoms. The molecule has 0 aliphatic carbocycles. The Hall–Kier alpha value is -1.09. The van der Waals surface area contributed by atoms with Crippen LogP contribution < -0.4 is 10.1 Å². The molecule has 0 unspecified atom stereocenters. The van der Waals surface area contributed by atoms with E-state index in [0.29, 0.717) is 0 Å². The largest absolute Gasteiger partial charge is 0.496 e. The predicted octanol–water partition coefficient (Wildman–Crippen LogP) is 2.15. The number of rotatable bonds is 3. The first-order chi connectivity index (χ1) is 6.72. The highest BCUT2D eigenvalue weighted by molar-refractivity contribution is 7.80. The maximum absolute atomic E-state index is 5.24. The number of ether oxygens (including phenoxy) is 1. The van der Waals surface area contributed by atoms with Crippen LogP contribution in [0.25, 0.3) is 0 Å². The molecule has 0 amide bonds. The average molecular weight is 209 g/mol. The predicted molar refractivity (Wildman–Crippen MR) is 63.1 cm³/mol. The zero-order chi connectivity index (χ0) is 10.6. The van der Waals surface area contributed by atoms with Crippen molar-refractivity contribution >= 4 is 17.2 Å². The Morgan fingerprint density at radius 1 is 1.50 bits per heavy atom. The van der Waals surface area contributed by atoms with Crippen LogP contribution in [-0.4, -0.2) is 19.1 Å². The molecule has 76 valence electrons. The number of benzene rings is 1. The van der Waals surface area contributed by atoms with Gasteiger partial charge in [-0.25, -0.2) is 0 Å². The van der Waals surface area contributed by atoms with Crippen LogP contribution in [0.15, 0.2) is 18.2 Å². The van der Waals surface area contributed by atoms with Crippen molar-refractivity contribution in [1.29, 1.82) is 0 Å². The highest BCUT2D eigenvalue weighted by atomic mass is 32.1. The van der Waals surface area contributed by atoms with Crippen molar-refractivity contribution in [3.05, 3.63) is 29.3 Å². The first-order valence-electron chi connectivity index (χ1n) is 4.62. The fourth-order valence-electron chi connectivity index (χ4n) is 1.29. The summed E-state index contributed by atoms with van der Waals surface area (Å²) in [6, 6.07) is 6.08. The minimum absolute atomic E-state index is 0.720. The smallest absolute Gasteiger partial charge is 0.129 e. The standard InChI is InChI=1S/C11H15NOS/c1-4-8-5-6-10(13-3)9(7-8)11(14)12-2/h5-7H,4H2,1-3H3,(H,12,14). The fraction of sp³-hybridized carbons (Fsp3) is 0.364. The number of methoxy groups -OCH3 is 1. The Balaban J connectivity index is 3.14. The lowest BCUT2D eigenvalue weighted by atomic mass is 10.1. The summed E-state index contributed by atoms with van der Waals surface area (Å²) in [5.74, 6) is 0.821. The molecular formula is C11H15NOS. The zero-order valence-electron chi connectivity index (χ0n) is 8.76. The van der Waals surface area contributed by atoms with Gasteiger partial charge in [0.05, 0.1) is 12.7 Å². The van der Waals surface area contributed by atoms with Gasteiger partial charge in [-0.3, -0.25) is 0 Å². The molecule has 0 bridgehead atoms. The topological polar surface area (TPSA) is 21.3 Å². The second kappa shape index (κ2) is 4.96. The summed E-state index contributed by atoms with van der Waals surface area (Å²) in [7, 11) is 3.48. The van der Waals surface area contributed by atoms with Gasteiger partial charge in [0.15, 0.2) is 0 Å². The zero-order valence-corrected chi connectivity index (χ0v) is 9.57. The third-order valence-electron chi connectivity index (χ3n) is 2.14. The number of hydrogen-bond donors (Lipinski definition) is 1. The van der Waals surface area contributed by atoms with E-state index >= 15 is 0 Å². The summed E-state index contributed by atoms with van der Waals surface area (Å²) in [5.41, 5.74) is 2.22. The van der Waals surface area contributed by atoms with Gasteiger partial charge >= 0.3 is 0 Å². The Morgan fingerprint density at radius 2 is 2.21 bits per heavy atom. The summed E-state index contributed by atoms with van der Waals surface area (Å²) < 4.78 is 5.24. The summed E-state index contributed by atoms with van der Waals surface area (Å²) >= 11 is 5.19. The van der Waals surface area contributed by atoms with Crippen molar-refractivity contribution in [1.82, 2.24) is 5.32 Å². The van der Waals surface area contributed by atoms with Gasteiger partial charge in [0.25, 0.3) is 0 Å². The molecule has 1 rings (SSSR count). The Labute approximate surface area is 90.3 Å². The Morgan fingerprint density at radius 3 is 2.71 bits per heavy atom. The van der Waals surface area contributed by atoms with Crippen LogP contribution in [0.3, 0.4) is 0 Å². The molecule has 0 spiro atoms. The third kappa shape index (κ3) is 2.23. The van der Waals surface area contributed by atoms with Crippen LogP contribution in [0, 0.1) is 0 Å². The van der Waals surface area contributed by atoms with Gasteiger partial charge in [0, 0.05) is 7.05 Å². The number of aryl methyl sites for hydroxylation is 1. The molecule has 0 atom stereocenters. The lowest BCUT2D eigenvalue weighted by Gasteiger charge is -2.10. The van der Waals surface area contributed by atoms with Crippen molar-refractivity contribution in [2.24, 2.45) is 0 Å². The summed E-state index contributed by atoms with van der Waals surface area (Å²) in [6.45, 7) is 2.12. The number of hydrogen-bond acceptors (Lipinski definition) is 2. The van der Waals surface area contributed by atoms with E-state index in [1.807, 2.05) is 13.1 Å². The molecule has 0 aromatic heterocycles. The molecule has 0 aliphatic rings. The summed E-state index contributed by atoms with van der Waals surface area (Å²) in [4.78, 5) is 0.720. The molecule has 0 saturated heterocycles. The highest BCUT2D eigenvalue weighted by Gasteiger charge is 2.07. The van der Waals surface area contributed by atoms with E-state index in [-0.39, 0.29) is 0 Å². The highest BCUT2D eigenvalue weighted by Crippen LogP contribution is 2.20. The van der Waals surface area contributed by atoms with E-state index in [1.165, 1.54) is 5.56 Å². The van der Waals surface area contributed by atoms with E-state index in [0.717, 1.165) is 22.7 Å². The van der Waals surface area contributed by atoms with Crippen LogP contribution in [0.5, 0.6) is 5.75 Å². The number of nitrogens with one attached hydrogen (secondary N) is 1. The molecule has 0 aliphatic heterocycles. The SMILES string of the molecule is CCc1ccc(OC)c(C(=S)NC)c1. The van der Waals surface area contributed by atoms with E-state index in [9.17, 15) is 0 Å². The van der Waals surface area contributed by atoms with Crippen molar-refractivity contribution < 1.29 is 4.74 Å². The lowest BCUT2D eigenvalue weighted by Crippen LogP contribution is -2.17. The van der Waals surface area contributed by atoms with Crippen LogP contribution in [0.1, 0.15) is 18.1 Å². The first-order valence-corrected chi connectivity index (χ1v) is 5.02. The van der Waals surface area contributed by atoms with Gasteiger partial charge in [-0.15, -0.1) is 0 Å². The normalized spacial score (nSPS) is 9.64. The molecule has 14 heavy (non-hydrogen) atoms. The first kappa shape index (κ1) is 11.0. The third-order valence-corrected chi connectivity index (χ3v) is 2.57. The van der Waals surface area contributed by atoms with Gasteiger partial charge < -0.3 is 10.1 Å². The minimum Gasteiger partial charge on any atom is -0.496 e. The molecule has 2 nitrogen and oxygen atoms in total. The van der Waals surface area contributed by atoms with Gasteiger partial charge in [-0.1, -0.05) is 25.2 Å². The van der Waals surface area contributed by atoms with Gasteiger partial charge in [-0.05, 0) is 24.1 Å². The molecular weight excluding hydrogens is 194 g/mol. The van der Waals surface area contributed by atoms with Gasteiger partial charge in [0.1, 0.15) is 10.7 Å². The van der Waals surface area contributed by atoms with E-state index in [4.69, 9.17) is 17.0 Å². The molecule has 0 radical (unpaired) electrons. The second-order valence-electron chi connectivity index (χ2n) is 2.97. The van der Waals surface area contributed by atoms with Crippen molar-refractivity contribution in [3.63, 3.8) is 0 Å². The summed E-state index contributed by atoms with van der Waals surface area (Å²) in [6.07, 6.45) is 1.00. The molecule has 1 N–H and O–H groups in total.